The Balaban J connectivity index is 3.39. The van der Waals surface area contributed by atoms with E-state index < -0.39 is 11.6 Å². The fourth-order valence-corrected chi connectivity index (χ4v) is 1.28. The molecule has 0 aliphatic carbocycles. The molecule has 0 bridgehead atoms. The molecular formula is C10H10FNO4. The molecule has 0 amide bonds. The summed E-state index contributed by atoms with van der Waals surface area (Å²) in [6.45, 7) is -0.230. The van der Waals surface area contributed by atoms with Gasteiger partial charge in [-0.05, 0) is 0 Å². The minimum atomic E-state index is -0.867. The zero-order chi connectivity index (χ0) is 12.1. The summed E-state index contributed by atoms with van der Waals surface area (Å²) in [6, 6.07) is 0.988. The highest BCUT2D eigenvalue weighted by Gasteiger charge is 2.18. The minimum Gasteiger partial charge on any atom is -0.504 e. The number of aromatic hydroxyl groups is 1. The van der Waals surface area contributed by atoms with E-state index in [2.05, 4.69) is 4.99 Å². The van der Waals surface area contributed by atoms with Crippen molar-refractivity contribution in [3.05, 3.63) is 17.4 Å². The van der Waals surface area contributed by atoms with E-state index in [4.69, 9.17) is 9.47 Å². The van der Waals surface area contributed by atoms with Gasteiger partial charge >= 0.3 is 0 Å². The lowest BCUT2D eigenvalue weighted by molar-refractivity contribution is 0.339. The smallest absolute Gasteiger partial charge is 0.235 e. The monoisotopic (exact) mass is 227 g/mol. The molecule has 0 unspecified atom stereocenters. The number of phenols is 1. The van der Waals surface area contributed by atoms with Gasteiger partial charge in [0.2, 0.25) is 6.08 Å². The molecule has 1 rings (SSSR count). The van der Waals surface area contributed by atoms with Crippen LogP contribution in [0.25, 0.3) is 0 Å². The molecule has 0 radical (unpaired) electrons. The Morgan fingerprint density at radius 3 is 2.69 bits per heavy atom. The lowest BCUT2D eigenvalue weighted by Crippen LogP contribution is -1.98. The van der Waals surface area contributed by atoms with Gasteiger partial charge in [-0.2, -0.15) is 0 Å². The molecule has 0 aliphatic heterocycles. The highest BCUT2D eigenvalue weighted by molar-refractivity contribution is 5.54. The third-order valence-corrected chi connectivity index (χ3v) is 1.99. The van der Waals surface area contributed by atoms with Gasteiger partial charge in [-0.1, -0.05) is 0 Å². The SMILES string of the molecule is COc1cc(F)c(O)c(CN=C=O)c1OC. The fraction of sp³-hybridized carbons (Fsp3) is 0.300. The number of hydrogen-bond acceptors (Lipinski definition) is 5. The van der Waals surface area contributed by atoms with Crippen LogP contribution in [-0.2, 0) is 11.3 Å². The molecule has 0 aliphatic rings. The van der Waals surface area contributed by atoms with Crippen molar-refractivity contribution >= 4 is 6.08 Å². The van der Waals surface area contributed by atoms with E-state index in [0.717, 1.165) is 6.07 Å². The Kier molecular flexibility index (Phi) is 3.85. The number of ether oxygens (including phenoxy) is 2. The molecule has 0 saturated carbocycles. The zero-order valence-corrected chi connectivity index (χ0v) is 8.78. The minimum absolute atomic E-state index is 0.0442. The maximum Gasteiger partial charge on any atom is 0.235 e. The van der Waals surface area contributed by atoms with Crippen LogP contribution in [0.3, 0.4) is 0 Å². The molecule has 1 aromatic carbocycles. The van der Waals surface area contributed by atoms with Gasteiger partial charge in [-0.3, -0.25) is 0 Å². The second-order valence-corrected chi connectivity index (χ2v) is 2.83. The third-order valence-electron chi connectivity index (χ3n) is 1.99. The van der Waals surface area contributed by atoms with Crippen LogP contribution in [0.15, 0.2) is 11.1 Å². The number of methoxy groups -OCH3 is 2. The van der Waals surface area contributed by atoms with Crippen molar-refractivity contribution in [1.29, 1.82) is 0 Å². The van der Waals surface area contributed by atoms with E-state index >= 15 is 0 Å². The van der Waals surface area contributed by atoms with Gasteiger partial charge in [-0.15, -0.1) is 0 Å². The molecule has 1 N–H and O–H groups in total. The van der Waals surface area contributed by atoms with Crippen LogP contribution in [-0.4, -0.2) is 25.4 Å². The number of halogens is 1. The molecule has 16 heavy (non-hydrogen) atoms. The van der Waals surface area contributed by atoms with Crippen LogP contribution >= 0.6 is 0 Å². The van der Waals surface area contributed by atoms with Gasteiger partial charge in [0.15, 0.2) is 23.1 Å². The summed E-state index contributed by atoms with van der Waals surface area (Å²) in [5.74, 6) is -1.22. The van der Waals surface area contributed by atoms with E-state index in [-0.39, 0.29) is 23.6 Å². The van der Waals surface area contributed by atoms with Crippen molar-refractivity contribution in [3.63, 3.8) is 0 Å². The Morgan fingerprint density at radius 1 is 1.50 bits per heavy atom. The van der Waals surface area contributed by atoms with Gasteiger partial charge in [0.25, 0.3) is 0 Å². The highest BCUT2D eigenvalue weighted by atomic mass is 19.1. The third kappa shape index (κ3) is 2.12. The number of hydrogen-bond donors (Lipinski definition) is 1. The summed E-state index contributed by atoms with van der Waals surface area (Å²) in [7, 11) is 2.67. The van der Waals surface area contributed by atoms with Crippen LogP contribution in [0.1, 0.15) is 5.56 Å². The van der Waals surface area contributed by atoms with E-state index in [9.17, 15) is 14.3 Å². The molecule has 1 aromatic rings. The zero-order valence-electron chi connectivity index (χ0n) is 8.78. The normalized spacial score (nSPS) is 9.44. The fourth-order valence-electron chi connectivity index (χ4n) is 1.28. The number of rotatable bonds is 4. The van der Waals surface area contributed by atoms with Crippen molar-refractivity contribution in [2.45, 2.75) is 6.54 Å². The predicted molar refractivity (Wildman–Crippen MR) is 53.0 cm³/mol. The molecule has 6 heteroatoms. The Labute approximate surface area is 91.1 Å². The number of benzene rings is 1. The first-order valence-electron chi connectivity index (χ1n) is 4.31. The highest BCUT2D eigenvalue weighted by Crippen LogP contribution is 2.39. The molecule has 0 fully saturated rings. The van der Waals surface area contributed by atoms with Crippen LogP contribution in [0.5, 0.6) is 17.2 Å². The number of aliphatic imine (C=N–C) groups is 1. The quantitative estimate of drug-likeness (QED) is 0.623. The topological polar surface area (TPSA) is 68.1 Å². The Morgan fingerprint density at radius 2 is 2.19 bits per heavy atom. The average Bonchev–Trinajstić information content (AvgIpc) is 2.30. The number of nitrogens with zero attached hydrogens (tertiary/aromatic N) is 1. The number of phenolic OH excluding ortho intramolecular Hbond substituents is 1. The van der Waals surface area contributed by atoms with E-state index in [1.54, 1.807) is 0 Å². The standard InChI is InChI=1S/C10H10FNO4/c1-15-8-3-7(11)9(14)6(4-12-5-13)10(8)16-2/h3,14H,4H2,1-2H3. The first kappa shape index (κ1) is 12.0. The summed E-state index contributed by atoms with van der Waals surface area (Å²) in [4.78, 5) is 13.2. The molecule has 86 valence electrons. The molecule has 0 aromatic heterocycles. The number of isocyanates is 1. The van der Waals surface area contributed by atoms with Crippen molar-refractivity contribution in [2.24, 2.45) is 4.99 Å². The maximum absolute atomic E-state index is 13.2. The lowest BCUT2D eigenvalue weighted by atomic mass is 10.1. The van der Waals surface area contributed by atoms with Gasteiger partial charge in [0.1, 0.15) is 0 Å². The largest absolute Gasteiger partial charge is 0.504 e. The molecule has 0 spiro atoms. The first-order valence-corrected chi connectivity index (χ1v) is 4.31. The van der Waals surface area contributed by atoms with Crippen molar-refractivity contribution in [3.8, 4) is 17.2 Å². The molecule has 0 saturated heterocycles. The maximum atomic E-state index is 13.2. The molecular weight excluding hydrogens is 217 g/mol. The lowest BCUT2D eigenvalue weighted by Gasteiger charge is -2.13. The Hall–Kier alpha value is -2.07. The molecule has 0 atom stereocenters. The second kappa shape index (κ2) is 5.14. The van der Waals surface area contributed by atoms with Gasteiger partial charge in [0.05, 0.1) is 26.3 Å². The van der Waals surface area contributed by atoms with E-state index in [0.29, 0.717) is 0 Å². The average molecular weight is 227 g/mol. The van der Waals surface area contributed by atoms with E-state index in [1.807, 2.05) is 0 Å². The van der Waals surface area contributed by atoms with Gasteiger partial charge in [0, 0.05) is 6.07 Å². The summed E-state index contributed by atoms with van der Waals surface area (Å²) >= 11 is 0. The van der Waals surface area contributed by atoms with Crippen LogP contribution in [0.4, 0.5) is 4.39 Å². The molecule has 5 nitrogen and oxygen atoms in total. The van der Waals surface area contributed by atoms with Crippen LogP contribution < -0.4 is 9.47 Å². The number of carbonyl (C=O) groups excluding carboxylic acids is 1. The predicted octanol–water partition coefficient (Wildman–Crippen LogP) is 1.38. The van der Waals surface area contributed by atoms with Crippen molar-refractivity contribution in [1.82, 2.24) is 0 Å². The van der Waals surface area contributed by atoms with Gasteiger partial charge < -0.3 is 14.6 Å². The van der Waals surface area contributed by atoms with Crippen LogP contribution in [0.2, 0.25) is 0 Å². The summed E-state index contributed by atoms with van der Waals surface area (Å²) in [5.41, 5.74) is 0.0442. The van der Waals surface area contributed by atoms with Gasteiger partial charge in [-0.25, -0.2) is 14.2 Å². The van der Waals surface area contributed by atoms with Crippen molar-refractivity contribution in [2.75, 3.05) is 14.2 Å². The second-order valence-electron chi connectivity index (χ2n) is 2.83. The first-order chi connectivity index (χ1) is 7.65. The summed E-state index contributed by atoms with van der Waals surface area (Å²) in [6.07, 6.45) is 1.30. The Bertz CT molecular complexity index is 441. The van der Waals surface area contributed by atoms with E-state index in [1.165, 1.54) is 20.3 Å². The van der Waals surface area contributed by atoms with Crippen molar-refractivity contribution < 1.29 is 23.8 Å². The molecule has 0 heterocycles. The van der Waals surface area contributed by atoms with Crippen LogP contribution in [0, 0.1) is 5.82 Å². The summed E-state index contributed by atoms with van der Waals surface area (Å²) in [5, 5.41) is 9.46. The summed E-state index contributed by atoms with van der Waals surface area (Å²) < 4.78 is 23.1.